The zero-order chi connectivity index (χ0) is 4.99. The summed E-state index contributed by atoms with van der Waals surface area (Å²) >= 11 is 15.9. The molecule has 0 aliphatic rings. The Morgan fingerprint density at radius 3 is 1.83 bits per heavy atom. The SMILES string of the molecule is ClCCP(Cl)Cl. The molecule has 0 aliphatic heterocycles. The van der Waals surface area contributed by atoms with Crippen molar-refractivity contribution in [3.8, 4) is 0 Å². The van der Waals surface area contributed by atoms with E-state index in [0.29, 0.717) is 5.88 Å². The molecule has 0 atom stereocenters. The first-order valence-corrected chi connectivity index (χ1v) is 5.29. The summed E-state index contributed by atoms with van der Waals surface area (Å²) in [7, 11) is 0. The van der Waals surface area contributed by atoms with Crippen molar-refractivity contribution in [3.05, 3.63) is 0 Å². The molecule has 0 aromatic carbocycles. The van der Waals surface area contributed by atoms with Crippen LogP contribution in [-0.2, 0) is 0 Å². The number of alkyl halides is 1. The molecule has 0 nitrogen and oxygen atoms in total. The van der Waals surface area contributed by atoms with E-state index >= 15 is 0 Å². The van der Waals surface area contributed by atoms with Gasteiger partial charge in [0, 0.05) is 12.0 Å². The lowest BCUT2D eigenvalue weighted by Crippen LogP contribution is -1.70. The van der Waals surface area contributed by atoms with Crippen LogP contribution in [0.25, 0.3) is 0 Å². The van der Waals surface area contributed by atoms with E-state index in [1.165, 1.54) is 0 Å². The highest BCUT2D eigenvalue weighted by Crippen LogP contribution is 2.46. The van der Waals surface area contributed by atoms with Crippen LogP contribution in [0.2, 0.25) is 0 Å². The second-order valence-corrected chi connectivity index (χ2v) is 5.11. The van der Waals surface area contributed by atoms with E-state index in [1.54, 1.807) is 0 Å². The molecule has 0 fully saturated rings. The Balaban J connectivity index is 2.63. The van der Waals surface area contributed by atoms with Gasteiger partial charge in [0.1, 0.15) is 0 Å². The molecule has 0 aliphatic carbocycles. The van der Waals surface area contributed by atoms with Crippen molar-refractivity contribution in [3.63, 3.8) is 0 Å². The van der Waals surface area contributed by atoms with Gasteiger partial charge in [0.2, 0.25) is 0 Å². The average molecular weight is 165 g/mol. The van der Waals surface area contributed by atoms with E-state index in [1.807, 2.05) is 0 Å². The molecule has 0 spiro atoms. The Hall–Kier alpha value is 1.30. The molecule has 38 valence electrons. The maximum atomic E-state index is 5.32. The van der Waals surface area contributed by atoms with E-state index in [2.05, 4.69) is 0 Å². The fourth-order valence-corrected chi connectivity index (χ4v) is 1.72. The molecule has 0 bridgehead atoms. The normalized spacial score (nSPS) is 10.0. The molecular formula is C2H4Cl3P. The van der Waals surface area contributed by atoms with Crippen molar-refractivity contribution in [2.24, 2.45) is 0 Å². The molecule has 0 saturated heterocycles. The smallest absolute Gasteiger partial charge is 0.0866 e. The van der Waals surface area contributed by atoms with E-state index < -0.39 is 6.63 Å². The Morgan fingerprint density at radius 2 is 1.83 bits per heavy atom. The summed E-state index contributed by atoms with van der Waals surface area (Å²) in [4.78, 5) is 0. The van der Waals surface area contributed by atoms with Gasteiger partial charge in [-0.3, -0.25) is 0 Å². The minimum Gasteiger partial charge on any atom is -0.126 e. The lowest BCUT2D eigenvalue weighted by Gasteiger charge is -1.89. The van der Waals surface area contributed by atoms with Gasteiger partial charge < -0.3 is 0 Å². The molecule has 0 N–H and O–H groups in total. The van der Waals surface area contributed by atoms with Crippen molar-refractivity contribution < 1.29 is 0 Å². The highest BCUT2D eigenvalue weighted by atomic mass is 35.9. The minimum atomic E-state index is -0.788. The third kappa shape index (κ3) is 5.30. The molecule has 0 radical (unpaired) electrons. The fraction of sp³-hybridized carbons (Fsp3) is 1.00. The first-order chi connectivity index (χ1) is 2.77. The number of hydrogen-bond donors (Lipinski definition) is 0. The molecule has 0 aromatic heterocycles. The maximum absolute atomic E-state index is 5.32. The van der Waals surface area contributed by atoms with Crippen LogP contribution in [0.1, 0.15) is 0 Å². The van der Waals surface area contributed by atoms with Crippen LogP contribution in [0.15, 0.2) is 0 Å². The van der Waals surface area contributed by atoms with Crippen molar-refractivity contribution >= 4 is 40.7 Å². The lowest BCUT2D eigenvalue weighted by atomic mass is 11.0. The van der Waals surface area contributed by atoms with Crippen LogP contribution in [0.4, 0.5) is 0 Å². The lowest BCUT2D eigenvalue weighted by molar-refractivity contribution is 1.54. The number of rotatable bonds is 2. The quantitative estimate of drug-likeness (QED) is 0.436. The van der Waals surface area contributed by atoms with Crippen LogP contribution in [0.3, 0.4) is 0 Å². The van der Waals surface area contributed by atoms with Crippen LogP contribution >= 0.6 is 40.7 Å². The van der Waals surface area contributed by atoms with Crippen LogP contribution in [0, 0.1) is 0 Å². The molecular weight excluding hydrogens is 161 g/mol. The van der Waals surface area contributed by atoms with Gasteiger partial charge >= 0.3 is 0 Å². The van der Waals surface area contributed by atoms with Crippen LogP contribution in [-0.4, -0.2) is 12.0 Å². The third-order valence-corrected chi connectivity index (χ3v) is 2.28. The predicted molar refractivity (Wildman–Crippen MR) is 34.2 cm³/mol. The summed E-state index contributed by atoms with van der Waals surface area (Å²) in [6, 6.07) is 0. The van der Waals surface area contributed by atoms with Crippen LogP contribution in [0.5, 0.6) is 0 Å². The van der Waals surface area contributed by atoms with Gasteiger partial charge in [0.15, 0.2) is 0 Å². The Kier molecular flexibility index (Phi) is 5.42. The molecule has 0 rings (SSSR count). The summed E-state index contributed by atoms with van der Waals surface area (Å²) < 4.78 is 0. The summed E-state index contributed by atoms with van der Waals surface area (Å²) in [6.45, 7) is -0.788. The molecule has 0 aromatic rings. The van der Waals surface area contributed by atoms with Gasteiger partial charge in [-0.05, 0) is 0 Å². The zero-order valence-corrected chi connectivity index (χ0v) is 6.16. The van der Waals surface area contributed by atoms with Crippen molar-refractivity contribution in [1.29, 1.82) is 0 Å². The van der Waals surface area contributed by atoms with Crippen molar-refractivity contribution in [1.82, 2.24) is 0 Å². The summed E-state index contributed by atoms with van der Waals surface area (Å²) in [5.41, 5.74) is 0. The first kappa shape index (κ1) is 7.30. The summed E-state index contributed by atoms with van der Waals surface area (Å²) in [5, 5.41) is 0. The van der Waals surface area contributed by atoms with Gasteiger partial charge in [-0.25, -0.2) is 0 Å². The van der Waals surface area contributed by atoms with Gasteiger partial charge in [-0.15, -0.1) is 11.6 Å². The zero-order valence-electron chi connectivity index (χ0n) is 3.00. The predicted octanol–water partition coefficient (Wildman–Crippen LogP) is 3.01. The van der Waals surface area contributed by atoms with Crippen molar-refractivity contribution in [2.45, 2.75) is 0 Å². The van der Waals surface area contributed by atoms with Crippen molar-refractivity contribution in [2.75, 3.05) is 12.0 Å². The minimum absolute atomic E-state index is 0.568. The standard InChI is InChI=1S/C2H4Cl3P/c3-1-2-6(4)5/h1-2H2. The summed E-state index contributed by atoms with van der Waals surface area (Å²) in [5.74, 6) is 0.568. The van der Waals surface area contributed by atoms with E-state index in [4.69, 9.17) is 34.1 Å². The first-order valence-electron chi connectivity index (χ1n) is 1.42. The molecule has 4 heteroatoms. The Bertz CT molecular complexity index is 30.0. The average Bonchev–Trinajstić information content (AvgIpc) is 1.35. The second kappa shape index (κ2) is 4.46. The second-order valence-electron chi connectivity index (χ2n) is 0.716. The van der Waals surface area contributed by atoms with Gasteiger partial charge in [0.25, 0.3) is 0 Å². The van der Waals surface area contributed by atoms with Gasteiger partial charge in [0.05, 0.1) is 6.63 Å². The van der Waals surface area contributed by atoms with Crippen LogP contribution < -0.4 is 0 Å². The highest BCUT2D eigenvalue weighted by molar-refractivity contribution is 8.03. The molecule has 0 saturated carbocycles. The molecule has 6 heavy (non-hydrogen) atoms. The topological polar surface area (TPSA) is 0 Å². The molecule has 0 heterocycles. The fourth-order valence-electron chi connectivity index (χ4n) is 0.0639. The molecule has 0 unspecified atom stereocenters. The summed E-state index contributed by atoms with van der Waals surface area (Å²) in [6.07, 6.45) is 0.736. The third-order valence-electron chi connectivity index (χ3n) is 0.254. The monoisotopic (exact) mass is 164 g/mol. The maximum Gasteiger partial charge on any atom is 0.0866 e. The Labute approximate surface area is 53.1 Å². The molecule has 0 amide bonds. The number of halogens is 3. The largest absolute Gasteiger partial charge is 0.126 e. The Morgan fingerprint density at radius 1 is 1.33 bits per heavy atom. The highest BCUT2D eigenvalue weighted by Gasteiger charge is 1.92. The van der Waals surface area contributed by atoms with E-state index in [9.17, 15) is 0 Å². The van der Waals surface area contributed by atoms with Gasteiger partial charge in [-0.2, -0.15) is 0 Å². The number of hydrogen-bond acceptors (Lipinski definition) is 0. The van der Waals surface area contributed by atoms with Gasteiger partial charge in [-0.1, -0.05) is 22.5 Å². The van der Waals surface area contributed by atoms with E-state index in [0.717, 1.165) is 6.16 Å². The van der Waals surface area contributed by atoms with E-state index in [-0.39, 0.29) is 0 Å².